The van der Waals surface area contributed by atoms with Crippen LogP contribution in [-0.4, -0.2) is 48.6 Å². The van der Waals surface area contributed by atoms with Crippen LogP contribution in [0.3, 0.4) is 0 Å². The topological polar surface area (TPSA) is 234 Å². The molecule has 49 heavy (non-hydrogen) atoms. The molecule has 264 valence electrons. The van der Waals surface area contributed by atoms with Crippen molar-refractivity contribution in [3.8, 4) is 0 Å². The summed E-state index contributed by atoms with van der Waals surface area (Å²) in [7, 11) is 0. The van der Waals surface area contributed by atoms with Gasteiger partial charge in [0.1, 0.15) is 35.1 Å². The van der Waals surface area contributed by atoms with E-state index in [1.807, 2.05) is 44.5 Å². The number of nitrogen functional groups attached to an aromatic ring is 2. The molecule has 0 saturated heterocycles. The number of rotatable bonds is 3. The van der Waals surface area contributed by atoms with Crippen LogP contribution in [-0.2, 0) is 0 Å². The normalized spacial score (nSPS) is 10.4. The molecule has 0 aliphatic heterocycles. The molecule has 0 amide bonds. The van der Waals surface area contributed by atoms with Crippen LogP contribution in [0.2, 0.25) is 0 Å². The Balaban J connectivity index is 0.000000222. The van der Waals surface area contributed by atoms with Gasteiger partial charge in [-0.05, 0) is 66.7 Å². The first-order valence-electron chi connectivity index (χ1n) is 15.9. The maximum atomic E-state index is 11.5. The summed E-state index contributed by atoms with van der Waals surface area (Å²) in [6.07, 6.45) is 9.52. The van der Waals surface area contributed by atoms with E-state index < -0.39 is 0 Å². The summed E-state index contributed by atoms with van der Waals surface area (Å²) in [5.74, 6) is 1.45. The van der Waals surface area contributed by atoms with Crippen LogP contribution in [0.25, 0.3) is 22.1 Å². The monoisotopic (exact) mass is 676 g/mol. The first-order chi connectivity index (χ1) is 23.1. The van der Waals surface area contributed by atoms with Crippen molar-refractivity contribution in [2.75, 3.05) is 11.5 Å². The van der Waals surface area contributed by atoms with Crippen LogP contribution >= 0.6 is 0 Å². The van der Waals surface area contributed by atoms with Crippen molar-refractivity contribution >= 4 is 33.7 Å². The van der Waals surface area contributed by atoms with E-state index in [2.05, 4.69) is 62.6 Å². The van der Waals surface area contributed by atoms with E-state index in [9.17, 15) is 19.2 Å². The molecule has 0 atom stereocenters. The van der Waals surface area contributed by atoms with E-state index in [0.29, 0.717) is 23.1 Å². The van der Waals surface area contributed by atoms with Crippen molar-refractivity contribution in [3.05, 3.63) is 103 Å². The molecule has 6 aromatic heterocycles. The molecular weight excluding hydrogens is 628 g/mol. The smallest absolute Gasteiger partial charge is 0.349 e. The molecule has 0 bridgehead atoms. The number of aromatic nitrogens is 10. The first-order valence-corrected chi connectivity index (χ1v) is 15.9. The van der Waals surface area contributed by atoms with Crippen molar-refractivity contribution in [3.63, 3.8) is 0 Å². The van der Waals surface area contributed by atoms with Gasteiger partial charge in [0.25, 0.3) is 11.1 Å². The third-order valence-corrected chi connectivity index (χ3v) is 6.46. The summed E-state index contributed by atoms with van der Waals surface area (Å²) in [5.41, 5.74) is 11.3. The first kappa shape index (κ1) is 39.4. The van der Waals surface area contributed by atoms with Gasteiger partial charge >= 0.3 is 11.4 Å². The molecule has 0 aromatic carbocycles. The number of aromatic amines is 3. The Kier molecular flexibility index (Phi) is 14.9. The second-order valence-electron chi connectivity index (χ2n) is 11.7. The number of fused-ring (bicyclic) bond motifs is 2. The number of nitrogens with zero attached hydrogens (tertiary/aromatic N) is 7. The Morgan fingerprint density at radius 1 is 0.735 bits per heavy atom. The van der Waals surface area contributed by atoms with Crippen LogP contribution < -0.4 is 34.0 Å². The van der Waals surface area contributed by atoms with Crippen molar-refractivity contribution in [1.29, 1.82) is 0 Å². The van der Waals surface area contributed by atoms with Gasteiger partial charge < -0.3 is 26.0 Å². The van der Waals surface area contributed by atoms with E-state index >= 15 is 0 Å². The Hall–Kier alpha value is -5.80. The van der Waals surface area contributed by atoms with Crippen LogP contribution in [0.15, 0.2) is 74.6 Å². The average Bonchev–Trinajstić information content (AvgIpc) is 3.67. The Labute approximate surface area is 283 Å². The zero-order chi connectivity index (χ0) is 36.8. The summed E-state index contributed by atoms with van der Waals surface area (Å²) >= 11 is 0. The number of aryl methyl sites for hydroxylation is 1. The Morgan fingerprint density at radius 2 is 1.33 bits per heavy atom. The molecule has 16 heteroatoms. The molecule has 0 aliphatic rings. The quantitative estimate of drug-likeness (QED) is 0.180. The van der Waals surface area contributed by atoms with E-state index in [4.69, 9.17) is 11.5 Å². The molecule has 0 saturated carbocycles. The molecule has 0 unspecified atom stereocenters. The molecule has 0 fully saturated rings. The maximum absolute atomic E-state index is 11.5. The summed E-state index contributed by atoms with van der Waals surface area (Å²) in [4.78, 5) is 67.6. The van der Waals surface area contributed by atoms with Gasteiger partial charge in [-0.15, -0.1) is 0 Å². The minimum atomic E-state index is -0.355. The number of anilines is 2. The van der Waals surface area contributed by atoms with Gasteiger partial charge in [0, 0.05) is 49.0 Å². The fourth-order valence-corrected chi connectivity index (χ4v) is 4.11. The molecule has 6 rings (SSSR count). The predicted molar refractivity (Wildman–Crippen MR) is 195 cm³/mol. The largest absolute Gasteiger partial charge is 0.383 e. The number of H-pyrrole nitrogens is 3. The molecule has 0 radical (unpaired) electrons. The standard InChI is InChI=1S/C10H13N3O.C7H11N3O.C7H10N2O2.C6H6N4.C3H8/c1-6(2)13-5-4-8-9(13)11-7(3)12-10(8)14;1-5(2)10-4-3-6(8)9-7(10)11;1-5(2)9-4-3-6(10)8-7(9)11;7-5-4-1-2-8-6(4)10-3-9-5;1-3-2/h4-6H,1-3H3,(H,11,12,14);3-5H,1-2H3,(H2,8,9,11);3-5H,1-2H3,(H,8,10,11);1-3H,(H3,7,8,9,10);3H2,1-2H3. The molecule has 6 heterocycles. The van der Waals surface area contributed by atoms with Crippen LogP contribution in [0.1, 0.15) is 85.8 Å². The highest BCUT2D eigenvalue weighted by Crippen LogP contribution is 2.15. The lowest BCUT2D eigenvalue weighted by Gasteiger charge is -2.07. The van der Waals surface area contributed by atoms with Gasteiger partial charge in [0.05, 0.1) is 10.8 Å². The molecule has 16 nitrogen and oxygen atoms in total. The SMILES string of the molecule is CC(C)n1ccc(=O)[nH]c1=O.CC(C)n1ccc(N)nc1=O.CCC.Cc1nc2c(ccn2C(C)C)c(=O)[nH]1.Nc1ncnc2[nH]ccc12. The zero-order valence-electron chi connectivity index (χ0n) is 29.6. The van der Waals surface area contributed by atoms with Crippen molar-refractivity contribution < 1.29 is 0 Å². The molecule has 0 spiro atoms. The second kappa shape index (κ2) is 18.5. The van der Waals surface area contributed by atoms with Crippen molar-refractivity contribution in [2.45, 2.75) is 86.9 Å². The van der Waals surface area contributed by atoms with E-state index in [1.54, 1.807) is 31.5 Å². The highest BCUT2D eigenvalue weighted by atomic mass is 16.2. The maximum Gasteiger partial charge on any atom is 0.349 e. The van der Waals surface area contributed by atoms with Crippen LogP contribution in [0, 0.1) is 6.92 Å². The highest BCUT2D eigenvalue weighted by Gasteiger charge is 2.08. The fraction of sp³-hybridized carbons (Fsp3) is 0.394. The summed E-state index contributed by atoms with van der Waals surface area (Å²) in [6, 6.07) is 7.14. The summed E-state index contributed by atoms with van der Waals surface area (Å²) in [6.45, 7) is 17.8. The molecule has 7 N–H and O–H groups in total. The minimum Gasteiger partial charge on any atom is -0.383 e. The number of hydrogen-bond donors (Lipinski definition) is 5. The van der Waals surface area contributed by atoms with E-state index in [0.717, 1.165) is 16.7 Å². The van der Waals surface area contributed by atoms with Crippen LogP contribution in [0.5, 0.6) is 0 Å². The van der Waals surface area contributed by atoms with Crippen LogP contribution in [0.4, 0.5) is 11.6 Å². The van der Waals surface area contributed by atoms with Crippen molar-refractivity contribution in [1.82, 2.24) is 48.6 Å². The molecule has 0 aliphatic carbocycles. The summed E-state index contributed by atoms with van der Waals surface area (Å²) in [5, 5.41) is 1.53. The molecular formula is C33H48N12O4. The highest BCUT2D eigenvalue weighted by molar-refractivity contribution is 5.85. The third kappa shape index (κ3) is 11.4. The van der Waals surface area contributed by atoms with Crippen molar-refractivity contribution in [2.24, 2.45) is 0 Å². The lowest BCUT2D eigenvalue weighted by molar-refractivity contribution is 0.561. The molecule has 6 aromatic rings. The second-order valence-corrected chi connectivity index (χ2v) is 11.7. The van der Waals surface area contributed by atoms with E-state index in [-0.39, 0.29) is 40.4 Å². The number of hydrogen-bond acceptors (Lipinski definition) is 10. The Bertz CT molecular complexity index is 2150. The van der Waals surface area contributed by atoms with Gasteiger partial charge in [-0.3, -0.25) is 23.7 Å². The van der Waals surface area contributed by atoms with Gasteiger partial charge in [-0.1, -0.05) is 20.3 Å². The summed E-state index contributed by atoms with van der Waals surface area (Å²) < 4.78 is 4.98. The predicted octanol–water partition coefficient (Wildman–Crippen LogP) is 4.09. The average molecular weight is 677 g/mol. The zero-order valence-corrected chi connectivity index (χ0v) is 29.6. The lowest BCUT2D eigenvalue weighted by atomic mass is 10.4. The van der Waals surface area contributed by atoms with Gasteiger partial charge in [-0.2, -0.15) is 4.98 Å². The van der Waals surface area contributed by atoms with E-state index in [1.165, 1.54) is 34.1 Å². The number of nitrogens with two attached hydrogens (primary N) is 2. The van der Waals surface area contributed by atoms with Gasteiger partial charge in [0.2, 0.25) is 0 Å². The lowest BCUT2D eigenvalue weighted by Crippen LogP contribution is -2.29. The Morgan fingerprint density at radius 3 is 1.88 bits per heavy atom. The van der Waals surface area contributed by atoms with Gasteiger partial charge in [0.15, 0.2) is 0 Å². The minimum absolute atomic E-state index is 0.0631. The fourth-order valence-electron chi connectivity index (χ4n) is 4.11. The third-order valence-electron chi connectivity index (χ3n) is 6.46. The van der Waals surface area contributed by atoms with Gasteiger partial charge in [-0.25, -0.2) is 24.5 Å². The number of nitrogens with one attached hydrogen (secondary N) is 3.